The van der Waals surface area contributed by atoms with E-state index in [0.717, 1.165) is 29.7 Å². The summed E-state index contributed by atoms with van der Waals surface area (Å²) in [7, 11) is 1.41. The number of hydrogen-bond donors (Lipinski definition) is 0. The van der Waals surface area contributed by atoms with Gasteiger partial charge in [-0.25, -0.2) is 9.59 Å². The third-order valence-corrected chi connectivity index (χ3v) is 6.19. The first-order chi connectivity index (χ1) is 13.5. The molecule has 3 rings (SSSR count). The minimum absolute atomic E-state index is 0.289. The van der Waals surface area contributed by atoms with E-state index < -0.39 is 0 Å². The highest BCUT2D eigenvalue weighted by Crippen LogP contribution is 2.36. The van der Waals surface area contributed by atoms with Crippen molar-refractivity contribution in [2.45, 2.75) is 33.1 Å². The fourth-order valence-electron chi connectivity index (χ4n) is 3.49. The Labute approximate surface area is 169 Å². The average Bonchev–Trinajstić information content (AvgIpc) is 3.11. The van der Waals surface area contributed by atoms with Crippen LogP contribution in [0.3, 0.4) is 0 Å². The van der Waals surface area contributed by atoms with Gasteiger partial charge in [0.15, 0.2) is 0 Å². The minimum Gasteiger partial charge on any atom is -0.465 e. The molecule has 2 heterocycles. The molecule has 1 aromatic carbocycles. The highest BCUT2D eigenvalue weighted by molar-refractivity contribution is 7.11. The molecule has 1 aromatic heterocycles. The number of thiophene rings is 1. The van der Waals surface area contributed by atoms with E-state index in [1.54, 1.807) is 28.5 Å². The smallest absolute Gasteiger partial charge is 0.357 e. The number of piperidine rings is 1. The molecular weight excluding hydrogens is 374 g/mol. The predicted octanol–water partition coefficient (Wildman–Crippen LogP) is 4.87. The molecule has 1 fully saturated rings. The lowest BCUT2D eigenvalue weighted by atomic mass is 9.94. The molecule has 0 bridgehead atoms. The van der Waals surface area contributed by atoms with Gasteiger partial charge in [-0.1, -0.05) is 30.7 Å². The summed E-state index contributed by atoms with van der Waals surface area (Å²) < 4.78 is 4.87. The number of esters is 1. The zero-order valence-electron chi connectivity index (χ0n) is 16.5. The topological polar surface area (TPSA) is 55.8 Å². The SMILES string of the molecule is CCC(=C1CCN(OC(=O)c2ccccc2)CC1)c1scc(C(=O)OC)c1C. The van der Waals surface area contributed by atoms with Crippen LogP contribution in [0.1, 0.15) is 57.3 Å². The Morgan fingerprint density at radius 1 is 1.11 bits per heavy atom. The Hall–Kier alpha value is -2.44. The zero-order chi connectivity index (χ0) is 20.1. The number of benzene rings is 1. The Bertz CT molecular complexity index is 875. The van der Waals surface area contributed by atoms with Gasteiger partial charge in [-0.15, -0.1) is 16.4 Å². The van der Waals surface area contributed by atoms with E-state index in [4.69, 9.17) is 9.57 Å². The van der Waals surface area contributed by atoms with Crippen molar-refractivity contribution in [3.8, 4) is 0 Å². The number of carbonyl (C=O) groups excluding carboxylic acids is 2. The van der Waals surface area contributed by atoms with Gasteiger partial charge in [0.05, 0.1) is 18.2 Å². The minimum atomic E-state index is -0.319. The Morgan fingerprint density at radius 2 is 1.79 bits per heavy atom. The molecule has 148 valence electrons. The summed E-state index contributed by atoms with van der Waals surface area (Å²) in [6.07, 6.45) is 2.59. The lowest BCUT2D eigenvalue weighted by molar-refractivity contribution is -0.114. The maximum atomic E-state index is 12.2. The summed E-state index contributed by atoms with van der Waals surface area (Å²) in [6.45, 7) is 5.46. The maximum Gasteiger partial charge on any atom is 0.357 e. The molecule has 0 saturated carbocycles. The molecular formula is C22H25NO4S. The average molecular weight is 400 g/mol. The van der Waals surface area contributed by atoms with Gasteiger partial charge in [0.1, 0.15) is 0 Å². The molecule has 0 radical (unpaired) electrons. The molecule has 2 aromatic rings. The number of allylic oxidation sites excluding steroid dienone is 1. The maximum absolute atomic E-state index is 12.2. The second kappa shape index (κ2) is 9.17. The summed E-state index contributed by atoms with van der Waals surface area (Å²) in [5.74, 6) is -0.608. The number of rotatable bonds is 5. The summed E-state index contributed by atoms with van der Waals surface area (Å²) in [5.41, 5.74) is 4.85. The number of hydroxylamine groups is 2. The van der Waals surface area contributed by atoms with Gasteiger partial charge >= 0.3 is 11.9 Å². The van der Waals surface area contributed by atoms with Crippen LogP contribution in [-0.4, -0.2) is 37.2 Å². The van der Waals surface area contributed by atoms with Crippen LogP contribution in [0.15, 0.2) is 41.3 Å². The number of methoxy groups -OCH3 is 1. The van der Waals surface area contributed by atoms with Gasteiger partial charge in [-0.2, -0.15) is 0 Å². The Kier molecular flexibility index (Phi) is 6.65. The normalized spacial score (nSPS) is 14.6. The lowest BCUT2D eigenvalue weighted by Gasteiger charge is -2.28. The van der Waals surface area contributed by atoms with Crippen molar-refractivity contribution >= 4 is 28.8 Å². The number of ether oxygens (including phenoxy) is 1. The fraction of sp³-hybridized carbons (Fsp3) is 0.364. The Morgan fingerprint density at radius 3 is 2.39 bits per heavy atom. The van der Waals surface area contributed by atoms with E-state index in [9.17, 15) is 9.59 Å². The van der Waals surface area contributed by atoms with Crippen molar-refractivity contribution in [3.05, 3.63) is 62.9 Å². The van der Waals surface area contributed by atoms with Gasteiger partial charge in [-0.3, -0.25) is 0 Å². The van der Waals surface area contributed by atoms with Crippen LogP contribution in [0.4, 0.5) is 0 Å². The van der Waals surface area contributed by atoms with Gasteiger partial charge in [0.2, 0.25) is 0 Å². The van der Waals surface area contributed by atoms with Crippen molar-refractivity contribution in [2.75, 3.05) is 20.2 Å². The monoisotopic (exact) mass is 399 g/mol. The highest BCUT2D eigenvalue weighted by atomic mass is 32.1. The predicted molar refractivity (Wildman–Crippen MR) is 110 cm³/mol. The van der Waals surface area contributed by atoms with Gasteiger partial charge < -0.3 is 9.57 Å². The van der Waals surface area contributed by atoms with Crippen LogP contribution in [0, 0.1) is 6.92 Å². The second-order valence-corrected chi connectivity index (χ2v) is 7.58. The van der Waals surface area contributed by atoms with E-state index in [1.807, 2.05) is 30.5 Å². The fourth-order valence-corrected chi connectivity index (χ4v) is 4.72. The van der Waals surface area contributed by atoms with E-state index >= 15 is 0 Å². The quantitative estimate of drug-likeness (QED) is 0.671. The van der Waals surface area contributed by atoms with Crippen molar-refractivity contribution < 1.29 is 19.2 Å². The van der Waals surface area contributed by atoms with E-state index in [2.05, 4.69) is 6.92 Å². The van der Waals surface area contributed by atoms with Crippen molar-refractivity contribution in [2.24, 2.45) is 0 Å². The van der Waals surface area contributed by atoms with E-state index in [1.165, 1.54) is 18.3 Å². The summed E-state index contributed by atoms with van der Waals surface area (Å²) >= 11 is 1.60. The van der Waals surface area contributed by atoms with Crippen molar-refractivity contribution in [1.29, 1.82) is 0 Å². The van der Waals surface area contributed by atoms with Crippen molar-refractivity contribution in [3.63, 3.8) is 0 Å². The molecule has 1 saturated heterocycles. The third-order valence-electron chi connectivity index (χ3n) is 5.05. The Balaban J connectivity index is 1.70. The molecule has 0 spiro atoms. The molecule has 28 heavy (non-hydrogen) atoms. The van der Waals surface area contributed by atoms with Crippen LogP contribution < -0.4 is 0 Å². The van der Waals surface area contributed by atoms with Gasteiger partial charge in [0, 0.05) is 23.3 Å². The molecule has 6 heteroatoms. The molecule has 1 aliphatic rings. The molecule has 0 atom stereocenters. The number of hydrogen-bond acceptors (Lipinski definition) is 6. The molecule has 0 N–H and O–H groups in total. The highest BCUT2D eigenvalue weighted by Gasteiger charge is 2.23. The lowest BCUT2D eigenvalue weighted by Crippen LogP contribution is -2.33. The first-order valence-corrected chi connectivity index (χ1v) is 10.3. The summed E-state index contributed by atoms with van der Waals surface area (Å²) in [5, 5.41) is 3.62. The molecule has 1 aliphatic heterocycles. The number of carbonyl (C=O) groups is 2. The van der Waals surface area contributed by atoms with Crippen LogP contribution in [0.25, 0.3) is 5.57 Å². The standard InChI is InChI=1S/C22H25NO4S/c1-4-18(20-15(2)19(14-28-20)22(25)26-3)16-10-12-23(13-11-16)27-21(24)17-8-6-5-7-9-17/h5-9,14H,4,10-13H2,1-3H3. The first kappa shape index (κ1) is 20.3. The van der Waals surface area contributed by atoms with Crippen LogP contribution in [0.5, 0.6) is 0 Å². The third kappa shape index (κ3) is 4.34. The van der Waals surface area contributed by atoms with Crippen LogP contribution >= 0.6 is 11.3 Å². The molecule has 0 unspecified atom stereocenters. The molecule has 0 amide bonds. The van der Waals surface area contributed by atoms with Crippen LogP contribution in [0.2, 0.25) is 0 Å². The molecule has 5 nitrogen and oxygen atoms in total. The second-order valence-electron chi connectivity index (χ2n) is 6.70. The largest absolute Gasteiger partial charge is 0.465 e. The summed E-state index contributed by atoms with van der Waals surface area (Å²) in [6, 6.07) is 9.04. The first-order valence-electron chi connectivity index (χ1n) is 9.45. The number of nitrogens with zero attached hydrogens (tertiary/aromatic N) is 1. The van der Waals surface area contributed by atoms with Gasteiger partial charge in [0.25, 0.3) is 0 Å². The summed E-state index contributed by atoms with van der Waals surface area (Å²) in [4.78, 5) is 30.8. The van der Waals surface area contributed by atoms with Crippen molar-refractivity contribution in [1.82, 2.24) is 5.06 Å². The molecule has 0 aliphatic carbocycles. The zero-order valence-corrected chi connectivity index (χ0v) is 17.3. The van der Waals surface area contributed by atoms with Crippen LogP contribution in [-0.2, 0) is 9.57 Å². The van der Waals surface area contributed by atoms with E-state index in [0.29, 0.717) is 24.2 Å². The van der Waals surface area contributed by atoms with Gasteiger partial charge in [-0.05, 0) is 49.5 Å². The van der Waals surface area contributed by atoms with E-state index in [-0.39, 0.29) is 11.9 Å².